The molecule has 0 heterocycles. The number of halogens is 1. The molecule has 0 aromatic heterocycles. The maximum atomic E-state index is 12.0. The van der Waals surface area contributed by atoms with E-state index >= 15 is 0 Å². The Hall–Kier alpha value is -1.80. The summed E-state index contributed by atoms with van der Waals surface area (Å²) >= 11 is 5.93. The van der Waals surface area contributed by atoms with Crippen molar-refractivity contribution in [2.24, 2.45) is 5.92 Å². The summed E-state index contributed by atoms with van der Waals surface area (Å²) < 4.78 is 0. The van der Waals surface area contributed by atoms with Gasteiger partial charge in [-0.1, -0.05) is 67.9 Å². The first-order chi connectivity index (χ1) is 9.58. The molecule has 1 unspecified atom stereocenters. The highest BCUT2D eigenvalue weighted by molar-refractivity contribution is 6.30. The number of amides is 1. The summed E-state index contributed by atoms with van der Waals surface area (Å²) in [5, 5.41) is 3.78. The van der Waals surface area contributed by atoms with E-state index < -0.39 is 0 Å². The normalized spacial score (nSPS) is 12.2. The van der Waals surface area contributed by atoms with Crippen molar-refractivity contribution in [3.63, 3.8) is 0 Å². The maximum Gasteiger partial charge on any atom is 0.223 e. The molecule has 104 valence electrons. The molecule has 1 amide bonds. The predicted octanol–water partition coefficient (Wildman–Crippen LogP) is 4.20. The molecule has 20 heavy (non-hydrogen) atoms. The molecule has 0 saturated heterocycles. The second kappa shape index (κ2) is 6.58. The number of carbonyl (C=O) groups is 1. The minimum atomic E-state index is -0.150. The molecule has 2 nitrogen and oxygen atoms in total. The average molecular weight is 288 g/mol. The van der Waals surface area contributed by atoms with Gasteiger partial charge in [-0.3, -0.25) is 4.79 Å². The number of hydrogen-bond acceptors (Lipinski definition) is 1. The van der Waals surface area contributed by atoms with Gasteiger partial charge >= 0.3 is 0 Å². The van der Waals surface area contributed by atoms with Crippen LogP contribution < -0.4 is 5.32 Å². The third-order valence-corrected chi connectivity index (χ3v) is 3.40. The fourth-order valence-electron chi connectivity index (χ4n) is 1.97. The summed E-state index contributed by atoms with van der Waals surface area (Å²) in [6, 6.07) is 17.4. The zero-order valence-corrected chi connectivity index (χ0v) is 12.4. The molecule has 0 radical (unpaired) electrons. The van der Waals surface area contributed by atoms with Crippen molar-refractivity contribution in [2.75, 3.05) is 0 Å². The van der Waals surface area contributed by atoms with E-state index in [4.69, 9.17) is 11.6 Å². The first-order valence-corrected chi connectivity index (χ1v) is 7.06. The number of benzene rings is 2. The monoisotopic (exact) mass is 287 g/mol. The van der Waals surface area contributed by atoms with Crippen molar-refractivity contribution in [2.45, 2.75) is 19.9 Å². The van der Waals surface area contributed by atoms with E-state index in [2.05, 4.69) is 5.32 Å². The molecule has 1 atom stereocenters. The fraction of sp³-hybridized carbons (Fsp3) is 0.235. The molecular formula is C17H18ClNO. The van der Waals surface area contributed by atoms with Crippen LogP contribution in [-0.2, 0) is 4.79 Å². The molecular weight excluding hydrogens is 270 g/mol. The molecule has 3 heteroatoms. The van der Waals surface area contributed by atoms with Gasteiger partial charge in [-0.2, -0.15) is 0 Å². The van der Waals surface area contributed by atoms with E-state index in [0.29, 0.717) is 5.02 Å². The van der Waals surface area contributed by atoms with Crippen LogP contribution in [0, 0.1) is 5.92 Å². The second-order valence-electron chi connectivity index (χ2n) is 5.06. The van der Waals surface area contributed by atoms with E-state index in [1.165, 1.54) is 0 Å². The molecule has 0 saturated carbocycles. The first kappa shape index (κ1) is 14.6. The van der Waals surface area contributed by atoms with Gasteiger partial charge in [0, 0.05) is 10.9 Å². The van der Waals surface area contributed by atoms with Crippen molar-refractivity contribution in [1.29, 1.82) is 0 Å². The molecule has 0 aliphatic heterocycles. The number of rotatable bonds is 4. The lowest BCUT2D eigenvalue weighted by atomic mass is 9.98. The second-order valence-corrected chi connectivity index (χ2v) is 5.49. The number of nitrogens with one attached hydrogen (secondary N) is 1. The summed E-state index contributed by atoms with van der Waals surface area (Å²) in [5.74, 6) is -0.0117. The van der Waals surface area contributed by atoms with Gasteiger partial charge in [0.2, 0.25) is 5.91 Å². The average Bonchev–Trinajstić information content (AvgIpc) is 2.46. The number of carbonyl (C=O) groups excluding carboxylic acids is 1. The van der Waals surface area contributed by atoms with Crippen LogP contribution in [0.3, 0.4) is 0 Å². The molecule has 0 bridgehead atoms. The van der Waals surface area contributed by atoms with Gasteiger partial charge in [-0.15, -0.1) is 0 Å². The molecule has 0 aliphatic carbocycles. The summed E-state index contributed by atoms with van der Waals surface area (Å²) in [7, 11) is 0. The van der Waals surface area contributed by atoms with Crippen LogP contribution in [0.1, 0.15) is 31.0 Å². The smallest absolute Gasteiger partial charge is 0.223 e. The molecule has 1 N–H and O–H groups in total. The van der Waals surface area contributed by atoms with Crippen LogP contribution in [0.5, 0.6) is 0 Å². The van der Waals surface area contributed by atoms with Crippen LogP contribution in [-0.4, -0.2) is 5.91 Å². The lowest BCUT2D eigenvalue weighted by Crippen LogP contribution is -2.32. The lowest BCUT2D eigenvalue weighted by molar-refractivity contribution is -0.124. The van der Waals surface area contributed by atoms with Gasteiger partial charge in [0.1, 0.15) is 0 Å². The highest BCUT2D eigenvalue weighted by Gasteiger charge is 2.18. The van der Waals surface area contributed by atoms with E-state index in [0.717, 1.165) is 11.1 Å². The quantitative estimate of drug-likeness (QED) is 0.897. The van der Waals surface area contributed by atoms with Crippen LogP contribution in [0.2, 0.25) is 5.02 Å². The predicted molar refractivity (Wildman–Crippen MR) is 82.7 cm³/mol. The highest BCUT2D eigenvalue weighted by atomic mass is 35.5. The maximum absolute atomic E-state index is 12.0. The Morgan fingerprint density at radius 1 is 0.950 bits per heavy atom. The van der Waals surface area contributed by atoms with Crippen LogP contribution in [0.15, 0.2) is 54.6 Å². The summed E-state index contributed by atoms with van der Waals surface area (Å²) in [4.78, 5) is 12.0. The molecule has 0 fully saturated rings. The molecule has 2 rings (SSSR count). The van der Waals surface area contributed by atoms with Crippen molar-refractivity contribution >= 4 is 17.5 Å². The molecule has 2 aromatic carbocycles. The molecule has 0 spiro atoms. The van der Waals surface area contributed by atoms with Gasteiger partial charge in [-0.05, 0) is 23.3 Å². The lowest BCUT2D eigenvalue weighted by Gasteiger charge is -2.21. The summed E-state index contributed by atoms with van der Waals surface area (Å²) in [6.45, 7) is 3.78. The van der Waals surface area contributed by atoms with Crippen LogP contribution in [0.4, 0.5) is 0 Å². The Labute approximate surface area is 124 Å². The Kier molecular flexibility index (Phi) is 4.80. The minimum Gasteiger partial charge on any atom is -0.345 e. The van der Waals surface area contributed by atoms with Crippen LogP contribution >= 0.6 is 11.6 Å². The van der Waals surface area contributed by atoms with Gasteiger partial charge in [0.15, 0.2) is 0 Å². The highest BCUT2D eigenvalue weighted by Crippen LogP contribution is 2.23. The Bertz CT molecular complexity index is 563. The zero-order chi connectivity index (χ0) is 14.5. The van der Waals surface area contributed by atoms with E-state index in [9.17, 15) is 4.79 Å². The number of hydrogen-bond donors (Lipinski definition) is 1. The van der Waals surface area contributed by atoms with Gasteiger partial charge in [-0.25, -0.2) is 0 Å². The molecule has 0 aliphatic rings. The largest absolute Gasteiger partial charge is 0.345 e. The molecule has 2 aromatic rings. The van der Waals surface area contributed by atoms with Crippen molar-refractivity contribution in [1.82, 2.24) is 5.32 Å². The van der Waals surface area contributed by atoms with Crippen molar-refractivity contribution < 1.29 is 4.79 Å². The standard InChI is InChI=1S/C17H18ClNO/c1-12(2)17(20)19-16(13-6-4-3-5-7-13)14-8-10-15(18)11-9-14/h3-12,16H,1-2H3,(H,19,20). The van der Waals surface area contributed by atoms with Crippen LogP contribution in [0.25, 0.3) is 0 Å². The topological polar surface area (TPSA) is 29.1 Å². The van der Waals surface area contributed by atoms with Gasteiger partial charge in [0.05, 0.1) is 6.04 Å². The third kappa shape index (κ3) is 3.61. The van der Waals surface area contributed by atoms with E-state index in [-0.39, 0.29) is 17.9 Å². The zero-order valence-electron chi connectivity index (χ0n) is 11.6. The first-order valence-electron chi connectivity index (χ1n) is 6.68. The minimum absolute atomic E-state index is 0.0359. The Morgan fingerprint density at radius 3 is 2.05 bits per heavy atom. The van der Waals surface area contributed by atoms with Crippen molar-refractivity contribution in [3.05, 3.63) is 70.7 Å². The van der Waals surface area contributed by atoms with E-state index in [1.54, 1.807) is 0 Å². The third-order valence-electron chi connectivity index (χ3n) is 3.15. The summed E-state index contributed by atoms with van der Waals surface area (Å²) in [6.07, 6.45) is 0. The van der Waals surface area contributed by atoms with Crippen molar-refractivity contribution in [3.8, 4) is 0 Å². The fourth-order valence-corrected chi connectivity index (χ4v) is 2.09. The van der Waals surface area contributed by atoms with Gasteiger partial charge < -0.3 is 5.32 Å². The Morgan fingerprint density at radius 2 is 1.50 bits per heavy atom. The Balaban J connectivity index is 2.34. The van der Waals surface area contributed by atoms with E-state index in [1.807, 2.05) is 68.4 Å². The SMILES string of the molecule is CC(C)C(=O)NC(c1ccccc1)c1ccc(Cl)cc1. The van der Waals surface area contributed by atoms with Gasteiger partial charge in [0.25, 0.3) is 0 Å². The summed E-state index contributed by atoms with van der Waals surface area (Å²) in [5.41, 5.74) is 2.08.